The number of methoxy groups -OCH3 is 1. The Hall–Kier alpha value is -4.10. The van der Waals surface area contributed by atoms with E-state index in [2.05, 4.69) is 24.0 Å². The highest BCUT2D eigenvalue weighted by atomic mass is 16.5. The van der Waals surface area contributed by atoms with Crippen molar-refractivity contribution in [2.75, 3.05) is 26.9 Å². The lowest BCUT2D eigenvalue weighted by molar-refractivity contribution is -0.128. The van der Waals surface area contributed by atoms with E-state index >= 15 is 0 Å². The molecule has 0 fully saturated rings. The third-order valence-corrected chi connectivity index (χ3v) is 6.90. The SMILES string of the molecule is C=CC[C@@]1(C(=O)NCCCCc2ccccc2)N=C(c2ccc(OCCCO)cc2)O[C@@H]1c1cccc(OC)c1. The standard InChI is InChI=1S/C33H38N2O5/c1-3-20-33(32(37)34-21-8-7-13-25-11-5-4-6-12-25)30(27-14-9-15-29(24-27)38-2)40-31(35-33)26-16-18-28(19-17-26)39-23-10-22-36/h3-6,9,11-12,14-19,24,30,36H,1,7-8,10,13,20-23H2,2H3,(H,34,37)/t30-,33-/m1/s1. The van der Waals surface area contributed by atoms with Gasteiger partial charge in [-0.15, -0.1) is 6.58 Å². The molecule has 0 unspecified atom stereocenters. The number of benzene rings is 3. The van der Waals surface area contributed by atoms with Crippen LogP contribution in [0.4, 0.5) is 0 Å². The molecule has 0 aromatic heterocycles. The maximum absolute atomic E-state index is 13.9. The van der Waals surface area contributed by atoms with Crippen LogP contribution >= 0.6 is 0 Å². The first-order valence-electron chi connectivity index (χ1n) is 13.8. The van der Waals surface area contributed by atoms with E-state index < -0.39 is 11.6 Å². The molecule has 0 aliphatic carbocycles. The van der Waals surface area contributed by atoms with Crippen molar-refractivity contribution in [3.63, 3.8) is 0 Å². The third-order valence-electron chi connectivity index (χ3n) is 6.90. The minimum atomic E-state index is -1.22. The second kappa shape index (κ2) is 14.3. The first-order chi connectivity index (χ1) is 19.6. The van der Waals surface area contributed by atoms with Crippen LogP contribution in [-0.4, -0.2) is 49.3 Å². The molecule has 2 N–H and O–H groups in total. The first kappa shape index (κ1) is 28.9. The lowest BCUT2D eigenvalue weighted by atomic mass is 9.84. The van der Waals surface area contributed by atoms with E-state index in [0.717, 1.165) is 30.4 Å². The number of aryl methyl sites for hydroxylation is 1. The summed E-state index contributed by atoms with van der Waals surface area (Å²) in [5.74, 6) is 1.55. The fraction of sp³-hybridized carbons (Fsp3) is 0.333. The van der Waals surface area contributed by atoms with Crippen molar-refractivity contribution in [1.82, 2.24) is 5.32 Å². The van der Waals surface area contributed by atoms with Crippen molar-refractivity contribution in [3.05, 3.63) is 108 Å². The monoisotopic (exact) mass is 542 g/mol. The Labute approximate surface area is 236 Å². The van der Waals surface area contributed by atoms with Gasteiger partial charge in [-0.1, -0.05) is 48.5 Å². The van der Waals surface area contributed by atoms with Gasteiger partial charge in [0.15, 0.2) is 11.6 Å². The normalized spacial score (nSPS) is 17.9. The van der Waals surface area contributed by atoms with Gasteiger partial charge in [0.05, 0.1) is 13.7 Å². The van der Waals surface area contributed by atoms with Gasteiger partial charge in [-0.3, -0.25) is 4.79 Å². The summed E-state index contributed by atoms with van der Waals surface area (Å²) in [6.07, 6.45) is 4.70. The van der Waals surface area contributed by atoms with E-state index in [4.69, 9.17) is 24.3 Å². The number of ether oxygens (including phenoxy) is 3. The second-order valence-corrected chi connectivity index (χ2v) is 9.76. The van der Waals surface area contributed by atoms with Crippen molar-refractivity contribution in [3.8, 4) is 11.5 Å². The van der Waals surface area contributed by atoms with Gasteiger partial charge in [-0.2, -0.15) is 0 Å². The zero-order chi connectivity index (χ0) is 28.2. The Morgan fingerprint density at radius 3 is 2.58 bits per heavy atom. The maximum Gasteiger partial charge on any atom is 0.252 e. The van der Waals surface area contributed by atoms with E-state index in [1.54, 1.807) is 13.2 Å². The summed E-state index contributed by atoms with van der Waals surface area (Å²) in [4.78, 5) is 18.8. The Kier molecular flexibility index (Phi) is 10.4. The molecule has 3 aromatic carbocycles. The lowest BCUT2D eigenvalue weighted by Gasteiger charge is -2.30. The predicted molar refractivity (Wildman–Crippen MR) is 157 cm³/mol. The Bertz CT molecular complexity index is 1280. The molecule has 1 aliphatic heterocycles. The number of aliphatic imine (C=N–C) groups is 1. The Balaban J connectivity index is 1.55. The smallest absolute Gasteiger partial charge is 0.252 e. The molecule has 3 aromatic rings. The van der Waals surface area contributed by atoms with Gasteiger partial charge in [0.2, 0.25) is 5.90 Å². The van der Waals surface area contributed by atoms with Gasteiger partial charge in [0.25, 0.3) is 5.91 Å². The highest BCUT2D eigenvalue weighted by molar-refractivity contribution is 6.01. The summed E-state index contributed by atoms with van der Waals surface area (Å²) in [6.45, 7) is 4.99. The average Bonchev–Trinajstić information content (AvgIpc) is 3.39. The minimum absolute atomic E-state index is 0.0782. The number of carbonyl (C=O) groups is 1. The Morgan fingerprint density at radius 2 is 1.85 bits per heavy atom. The maximum atomic E-state index is 13.9. The van der Waals surface area contributed by atoms with Crippen LogP contribution in [0.3, 0.4) is 0 Å². The van der Waals surface area contributed by atoms with Crippen LogP contribution in [0.2, 0.25) is 0 Å². The summed E-state index contributed by atoms with van der Waals surface area (Å²) in [5, 5.41) is 12.1. The van der Waals surface area contributed by atoms with E-state index in [-0.39, 0.29) is 12.5 Å². The third kappa shape index (κ3) is 7.10. The van der Waals surface area contributed by atoms with Gasteiger partial charge in [0, 0.05) is 31.6 Å². The first-order valence-corrected chi connectivity index (χ1v) is 13.8. The number of unbranched alkanes of at least 4 members (excludes halogenated alkanes) is 1. The van der Waals surface area contributed by atoms with Gasteiger partial charge >= 0.3 is 0 Å². The number of nitrogens with one attached hydrogen (secondary N) is 1. The predicted octanol–water partition coefficient (Wildman–Crippen LogP) is 5.43. The lowest BCUT2D eigenvalue weighted by Crippen LogP contribution is -2.48. The summed E-state index contributed by atoms with van der Waals surface area (Å²) < 4.78 is 17.6. The van der Waals surface area contributed by atoms with Crippen molar-refractivity contribution < 1.29 is 24.1 Å². The largest absolute Gasteiger partial charge is 0.497 e. The molecule has 0 radical (unpaired) electrons. The summed E-state index contributed by atoms with van der Waals surface area (Å²) in [5.41, 5.74) is 1.60. The number of amides is 1. The molecule has 4 rings (SSSR count). The second-order valence-electron chi connectivity index (χ2n) is 9.76. The molecule has 0 bridgehead atoms. The Morgan fingerprint density at radius 1 is 1.05 bits per heavy atom. The quantitative estimate of drug-likeness (QED) is 0.198. The number of rotatable bonds is 15. The van der Waals surface area contributed by atoms with Crippen LogP contribution in [0.1, 0.15) is 48.5 Å². The summed E-state index contributed by atoms with van der Waals surface area (Å²) >= 11 is 0. The van der Waals surface area contributed by atoms with Crippen molar-refractivity contribution in [2.45, 2.75) is 43.7 Å². The highest BCUT2D eigenvalue weighted by Gasteiger charge is 2.52. The van der Waals surface area contributed by atoms with Gasteiger partial charge in [-0.05, 0) is 66.8 Å². The van der Waals surface area contributed by atoms with Gasteiger partial charge in [0.1, 0.15) is 11.5 Å². The highest BCUT2D eigenvalue weighted by Crippen LogP contribution is 2.43. The van der Waals surface area contributed by atoms with E-state index in [1.807, 2.05) is 66.7 Å². The zero-order valence-corrected chi connectivity index (χ0v) is 23.1. The average molecular weight is 543 g/mol. The van der Waals surface area contributed by atoms with E-state index in [1.165, 1.54) is 5.56 Å². The van der Waals surface area contributed by atoms with Crippen LogP contribution < -0.4 is 14.8 Å². The summed E-state index contributed by atoms with van der Waals surface area (Å²) in [7, 11) is 1.61. The molecule has 2 atom stereocenters. The number of hydrogen-bond acceptors (Lipinski definition) is 6. The molecule has 0 saturated heterocycles. The molecule has 40 heavy (non-hydrogen) atoms. The van der Waals surface area contributed by atoms with Crippen molar-refractivity contribution >= 4 is 11.8 Å². The van der Waals surface area contributed by atoms with Crippen LogP contribution in [-0.2, 0) is 16.0 Å². The zero-order valence-electron chi connectivity index (χ0n) is 23.1. The molecule has 0 saturated carbocycles. The van der Waals surface area contributed by atoms with Crippen LogP contribution in [0.5, 0.6) is 11.5 Å². The number of nitrogens with zero attached hydrogens (tertiary/aromatic N) is 1. The van der Waals surface area contributed by atoms with Crippen LogP contribution in [0.25, 0.3) is 0 Å². The van der Waals surface area contributed by atoms with Crippen LogP contribution in [0, 0.1) is 0 Å². The van der Waals surface area contributed by atoms with Gasteiger partial charge < -0.3 is 24.6 Å². The molecule has 210 valence electrons. The molecular weight excluding hydrogens is 504 g/mol. The molecule has 7 nitrogen and oxygen atoms in total. The number of aliphatic hydroxyl groups excluding tert-OH is 1. The minimum Gasteiger partial charge on any atom is -0.497 e. The number of carbonyl (C=O) groups excluding carboxylic acids is 1. The number of hydrogen-bond donors (Lipinski definition) is 2. The topological polar surface area (TPSA) is 89.4 Å². The van der Waals surface area contributed by atoms with E-state index in [0.29, 0.717) is 43.4 Å². The molecule has 1 heterocycles. The molecule has 1 aliphatic rings. The molecular formula is C33H38N2O5. The molecule has 7 heteroatoms. The fourth-order valence-electron chi connectivity index (χ4n) is 4.79. The summed E-state index contributed by atoms with van der Waals surface area (Å²) in [6, 6.07) is 25.3. The fourth-order valence-corrected chi connectivity index (χ4v) is 4.79. The van der Waals surface area contributed by atoms with Crippen molar-refractivity contribution in [2.24, 2.45) is 4.99 Å². The van der Waals surface area contributed by atoms with Crippen molar-refractivity contribution in [1.29, 1.82) is 0 Å². The van der Waals surface area contributed by atoms with Gasteiger partial charge in [-0.25, -0.2) is 4.99 Å². The van der Waals surface area contributed by atoms with E-state index in [9.17, 15) is 4.79 Å². The molecule has 0 spiro atoms. The molecule has 1 amide bonds. The number of aliphatic hydroxyl groups is 1. The van der Waals surface area contributed by atoms with Crippen LogP contribution in [0.15, 0.2) is 96.5 Å².